The summed E-state index contributed by atoms with van der Waals surface area (Å²) in [6.45, 7) is 9.00. The molecule has 0 aromatic heterocycles. The van der Waals surface area contributed by atoms with Crippen LogP contribution in [-0.2, 0) is 9.53 Å². The summed E-state index contributed by atoms with van der Waals surface area (Å²) in [7, 11) is 0. The van der Waals surface area contributed by atoms with E-state index in [4.69, 9.17) is 4.74 Å². The monoisotopic (exact) mass is 156 g/mol. The number of hydrogen-bond acceptors (Lipinski definition) is 2. The number of ether oxygens (including phenoxy) is 1. The minimum absolute atomic E-state index is 0.0348. The van der Waals surface area contributed by atoms with Gasteiger partial charge in [-0.2, -0.15) is 0 Å². The van der Waals surface area contributed by atoms with Gasteiger partial charge >= 0.3 is 5.97 Å². The predicted molar refractivity (Wildman–Crippen MR) is 43.1 cm³/mol. The van der Waals surface area contributed by atoms with Gasteiger partial charge in [-0.05, 0) is 18.8 Å². The maximum atomic E-state index is 11.0. The second-order valence-electron chi connectivity index (χ2n) is 4.87. The SMILES string of the molecule is CC(C)(C)CC1(C)COC1=O. The number of cyclic esters (lactones) is 1. The highest BCUT2D eigenvalue weighted by molar-refractivity contribution is 5.81. The van der Waals surface area contributed by atoms with Gasteiger partial charge in [0, 0.05) is 0 Å². The lowest BCUT2D eigenvalue weighted by molar-refractivity contribution is -0.186. The van der Waals surface area contributed by atoms with Gasteiger partial charge in [0.25, 0.3) is 0 Å². The Bertz CT molecular complexity index is 178. The Morgan fingerprint density at radius 3 is 2.18 bits per heavy atom. The summed E-state index contributed by atoms with van der Waals surface area (Å²) in [4.78, 5) is 11.0. The summed E-state index contributed by atoms with van der Waals surface area (Å²) in [5.41, 5.74) is 0.0203. The average Bonchev–Trinajstić information content (AvgIpc) is 1.81. The topological polar surface area (TPSA) is 26.3 Å². The van der Waals surface area contributed by atoms with Crippen molar-refractivity contribution in [2.24, 2.45) is 10.8 Å². The Balaban J connectivity index is 2.55. The van der Waals surface area contributed by atoms with E-state index in [-0.39, 0.29) is 16.8 Å². The molecule has 1 fully saturated rings. The van der Waals surface area contributed by atoms with Crippen LogP contribution in [0.4, 0.5) is 0 Å². The molecule has 2 nitrogen and oxygen atoms in total. The van der Waals surface area contributed by atoms with E-state index in [0.717, 1.165) is 6.42 Å². The van der Waals surface area contributed by atoms with Crippen LogP contribution in [0.2, 0.25) is 0 Å². The van der Waals surface area contributed by atoms with Gasteiger partial charge in [-0.15, -0.1) is 0 Å². The van der Waals surface area contributed by atoms with E-state index in [0.29, 0.717) is 6.61 Å². The lowest BCUT2D eigenvalue weighted by Crippen LogP contribution is -2.47. The molecule has 11 heavy (non-hydrogen) atoms. The van der Waals surface area contributed by atoms with Crippen LogP contribution in [-0.4, -0.2) is 12.6 Å². The van der Waals surface area contributed by atoms with Gasteiger partial charge in [-0.25, -0.2) is 0 Å². The molecule has 2 heteroatoms. The molecular formula is C9H16O2. The molecule has 0 N–H and O–H groups in total. The van der Waals surface area contributed by atoms with Crippen LogP contribution in [0.3, 0.4) is 0 Å². The first-order valence-electron chi connectivity index (χ1n) is 4.01. The highest BCUT2D eigenvalue weighted by atomic mass is 16.6. The van der Waals surface area contributed by atoms with Crippen LogP contribution in [0.1, 0.15) is 34.1 Å². The largest absolute Gasteiger partial charge is 0.464 e. The van der Waals surface area contributed by atoms with Crippen LogP contribution in [0.25, 0.3) is 0 Å². The molecule has 0 bridgehead atoms. The summed E-state index contributed by atoms with van der Waals surface area (Å²) < 4.78 is 4.75. The van der Waals surface area contributed by atoms with Crippen molar-refractivity contribution in [2.45, 2.75) is 34.1 Å². The smallest absolute Gasteiger partial charge is 0.315 e. The van der Waals surface area contributed by atoms with Gasteiger partial charge in [0.05, 0.1) is 5.41 Å². The molecular weight excluding hydrogens is 140 g/mol. The van der Waals surface area contributed by atoms with E-state index in [2.05, 4.69) is 20.8 Å². The summed E-state index contributed by atoms with van der Waals surface area (Å²) in [6, 6.07) is 0. The maximum Gasteiger partial charge on any atom is 0.315 e. The fourth-order valence-corrected chi connectivity index (χ4v) is 1.67. The van der Waals surface area contributed by atoms with Gasteiger partial charge in [0.2, 0.25) is 0 Å². The van der Waals surface area contributed by atoms with Crippen molar-refractivity contribution in [1.82, 2.24) is 0 Å². The Morgan fingerprint density at radius 1 is 1.55 bits per heavy atom. The molecule has 0 amide bonds. The molecule has 1 saturated heterocycles. The summed E-state index contributed by atoms with van der Waals surface area (Å²) in [5.74, 6) is -0.0348. The Labute approximate surface area is 67.9 Å². The van der Waals surface area contributed by atoms with E-state index in [1.54, 1.807) is 0 Å². The number of rotatable bonds is 1. The summed E-state index contributed by atoms with van der Waals surface area (Å²) in [5, 5.41) is 0. The van der Waals surface area contributed by atoms with Crippen molar-refractivity contribution in [1.29, 1.82) is 0 Å². The number of carbonyl (C=O) groups is 1. The maximum absolute atomic E-state index is 11.0. The van der Waals surface area contributed by atoms with Gasteiger partial charge in [0.15, 0.2) is 0 Å². The van der Waals surface area contributed by atoms with Gasteiger partial charge < -0.3 is 4.74 Å². The van der Waals surface area contributed by atoms with Gasteiger partial charge in [-0.1, -0.05) is 20.8 Å². The molecule has 1 rings (SSSR count). The van der Waals surface area contributed by atoms with Crippen molar-refractivity contribution >= 4 is 5.97 Å². The number of esters is 1. The highest BCUT2D eigenvalue weighted by Crippen LogP contribution is 2.39. The van der Waals surface area contributed by atoms with Crippen molar-refractivity contribution in [3.8, 4) is 0 Å². The Morgan fingerprint density at radius 2 is 2.09 bits per heavy atom. The third-order valence-corrected chi connectivity index (χ3v) is 1.94. The van der Waals surface area contributed by atoms with Crippen LogP contribution < -0.4 is 0 Å². The fraction of sp³-hybridized carbons (Fsp3) is 0.889. The first-order chi connectivity index (χ1) is 4.83. The van der Waals surface area contributed by atoms with Crippen LogP contribution in [0, 0.1) is 10.8 Å². The standard InChI is InChI=1S/C9H16O2/c1-8(2,3)5-9(4)6-11-7(9)10/h5-6H2,1-4H3. The summed E-state index contributed by atoms with van der Waals surface area (Å²) in [6.07, 6.45) is 0.916. The third-order valence-electron chi connectivity index (χ3n) is 1.94. The molecule has 0 saturated carbocycles. The zero-order valence-corrected chi connectivity index (χ0v) is 7.73. The number of hydrogen-bond donors (Lipinski definition) is 0. The molecule has 0 aromatic rings. The van der Waals surface area contributed by atoms with E-state index in [9.17, 15) is 4.79 Å². The van der Waals surface area contributed by atoms with Crippen LogP contribution >= 0.6 is 0 Å². The van der Waals surface area contributed by atoms with Crippen LogP contribution in [0.5, 0.6) is 0 Å². The van der Waals surface area contributed by atoms with E-state index in [1.165, 1.54) is 0 Å². The third kappa shape index (κ3) is 1.73. The summed E-state index contributed by atoms with van der Waals surface area (Å²) >= 11 is 0. The lowest BCUT2D eigenvalue weighted by atomic mass is 9.73. The molecule has 1 atom stereocenters. The lowest BCUT2D eigenvalue weighted by Gasteiger charge is -2.39. The van der Waals surface area contributed by atoms with E-state index < -0.39 is 0 Å². The molecule has 1 aliphatic rings. The fourth-order valence-electron chi connectivity index (χ4n) is 1.67. The van der Waals surface area contributed by atoms with E-state index >= 15 is 0 Å². The molecule has 1 aliphatic heterocycles. The first kappa shape index (κ1) is 8.57. The number of carbonyl (C=O) groups excluding carboxylic acids is 1. The predicted octanol–water partition coefficient (Wildman–Crippen LogP) is 1.99. The minimum atomic E-state index is -0.196. The van der Waals surface area contributed by atoms with Crippen molar-refractivity contribution in [3.63, 3.8) is 0 Å². The minimum Gasteiger partial charge on any atom is -0.464 e. The average molecular weight is 156 g/mol. The van der Waals surface area contributed by atoms with Crippen molar-refractivity contribution < 1.29 is 9.53 Å². The van der Waals surface area contributed by atoms with Gasteiger partial charge in [0.1, 0.15) is 6.61 Å². The molecule has 0 aromatic carbocycles. The Hall–Kier alpha value is -0.530. The first-order valence-corrected chi connectivity index (χ1v) is 4.01. The van der Waals surface area contributed by atoms with Gasteiger partial charge in [-0.3, -0.25) is 4.79 Å². The normalized spacial score (nSPS) is 31.1. The quantitative estimate of drug-likeness (QED) is 0.543. The van der Waals surface area contributed by atoms with Crippen molar-refractivity contribution in [3.05, 3.63) is 0 Å². The zero-order chi connectivity index (χ0) is 8.70. The molecule has 0 aliphatic carbocycles. The Kier molecular flexibility index (Phi) is 1.73. The second kappa shape index (κ2) is 2.23. The molecule has 64 valence electrons. The zero-order valence-electron chi connectivity index (χ0n) is 7.73. The van der Waals surface area contributed by atoms with Crippen molar-refractivity contribution in [2.75, 3.05) is 6.61 Å². The van der Waals surface area contributed by atoms with E-state index in [1.807, 2.05) is 6.92 Å². The highest BCUT2D eigenvalue weighted by Gasteiger charge is 2.46. The molecule has 1 unspecified atom stereocenters. The molecule has 1 heterocycles. The molecule has 0 radical (unpaired) electrons. The van der Waals surface area contributed by atoms with Crippen LogP contribution in [0.15, 0.2) is 0 Å². The molecule has 0 spiro atoms. The second-order valence-corrected chi connectivity index (χ2v) is 4.87.